The highest BCUT2D eigenvalue weighted by Gasteiger charge is 2.11. The first-order chi connectivity index (χ1) is 5.47. The third-order valence-corrected chi connectivity index (χ3v) is 1.80. The molecule has 0 aromatic heterocycles. The standard InChI is InChI=1S/C9H10O2/c1-2-4-8(5-3-1)9-6-10-7-11-9/h1-2,4,6H,3,5,7H2. The molecule has 58 valence electrons. The summed E-state index contributed by atoms with van der Waals surface area (Å²) < 4.78 is 10.2. The Morgan fingerprint density at radius 1 is 1.36 bits per heavy atom. The van der Waals surface area contributed by atoms with E-state index in [1.54, 1.807) is 6.26 Å². The van der Waals surface area contributed by atoms with Crippen molar-refractivity contribution < 1.29 is 9.47 Å². The lowest BCUT2D eigenvalue weighted by Gasteiger charge is -2.07. The van der Waals surface area contributed by atoms with Gasteiger partial charge in [-0.2, -0.15) is 0 Å². The Morgan fingerprint density at radius 3 is 3.00 bits per heavy atom. The van der Waals surface area contributed by atoms with Crippen LogP contribution in [0.25, 0.3) is 0 Å². The minimum Gasteiger partial charge on any atom is -0.461 e. The Morgan fingerprint density at radius 2 is 2.36 bits per heavy atom. The molecular formula is C9H10O2. The van der Waals surface area contributed by atoms with Gasteiger partial charge in [0.05, 0.1) is 0 Å². The minimum atomic E-state index is 0.371. The van der Waals surface area contributed by atoms with E-state index in [2.05, 4.69) is 18.2 Å². The second-order valence-corrected chi connectivity index (χ2v) is 2.57. The molecule has 0 unspecified atom stereocenters. The van der Waals surface area contributed by atoms with E-state index in [9.17, 15) is 0 Å². The van der Waals surface area contributed by atoms with Crippen molar-refractivity contribution in [3.63, 3.8) is 0 Å². The zero-order chi connectivity index (χ0) is 7.52. The number of hydrogen-bond acceptors (Lipinski definition) is 2. The Bertz CT molecular complexity index is 236. The molecule has 0 radical (unpaired) electrons. The summed E-state index contributed by atoms with van der Waals surface area (Å²) in [6.45, 7) is 0.371. The Hall–Kier alpha value is -1.18. The molecule has 0 aromatic carbocycles. The maximum atomic E-state index is 5.23. The van der Waals surface area contributed by atoms with Crippen molar-refractivity contribution >= 4 is 0 Å². The van der Waals surface area contributed by atoms with Crippen molar-refractivity contribution in [1.82, 2.24) is 0 Å². The predicted octanol–water partition coefficient (Wildman–Crippen LogP) is 2.11. The summed E-state index contributed by atoms with van der Waals surface area (Å²) in [4.78, 5) is 0. The summed E-state index contributed by atoms with van der Waals surface area (Å²) in [6.07, 6.45) is 10.1. The topological polar surface area (TPSA) is 18.5 Å². The van der Waals surface area contributed by atoms with Crippen LogP contribution in [0.5, 0.6) is 0 Å². The molecule has 0 aromatic rings. The molecule has 0 N–H and O–H groups in total. The third kappa shape index (κ3) is 1.29. The van der Waals surface area contributed by atoms with Crippen LogP contribution in [-0.4, -0.2) is 6.79 Å². The first-order valence-electron chi connectivity index (χ1n) is 3.77. The molecule has 2 aliphatic rings. The van der Waals surface area contributed by atoms with Gasteiger partial charge < -0.3 is 9.47 Å². The summed E-state index contributed by atoms with van der Waals surface area (Å²) in [7, 11) is 0. The number of allylic oxidation sites excluding steroid dienone is 4. The van der Waals surface area contributed by atoms with Crippen molar-refractivity contribution in [2.75, 3.05) is 6.79 Å². The van der Waals surface area contributed by atoms with Crippen molar-refractivity contribution in [2.24, 2.45) is 0 Å². The van der Waals surface area contributed by atoms with E-state index in [1.807, 2.05) is 0 Å². The number of hydrogen-bond donors (Lipinski definition) is 0. The third-order valence-electron chi connectivity index (χ3n) is 1.80. The van der Waals surface area contributed by atoms with Gasteiger partial charge in [-0.25, -0.2) is 0 Å². The summed E-state index contributed by atoms with van der Waals surface area (Å²) in [5, 5.41) is 0. The second-order valence-electron chi connectivity index (χ2n) is 2.57. The summed E-state index contributed by atoms with van der Waals surface area (Å²) >= 11 is 0. The highest BCUT2D eigenvalue weighted by Crippen LogP contribution is 2.23. The lowest BCUT2D eigenvalue weighted by atomic mass is 10.0. The first-order valence-corrected chi connectivity index (χ1v) is 3.77. The Balaban J connectivity index is 2.14. The van der Waals surface area contributed by atoms with Crippen molar-refractivity contribution in [3.8, 4) is 0 Å². The average molecular weight is 150 g/mol. The van der Waals surface area contributed by atoms with Crippen LogP contribution in [0.3, 0.4) is 0 Å². The van der Waals surface area contributed by atoms with Crippen molar-refractivity contribution in [3.05, 3.63) is 35.8 Å². The molecule has 0 bridgehead atoms. The van der Waals surface area contributed by atoms with Crippen LogP contribution in [-0.2, 0) is 9.47 Å². The maximum Gasteiger partial charge on any atom is 0.230 e. The van der Waals surface area contributed by atoms with E-state index in [0.29, 0.717) is 6.79 Å². The summed E-state index contributed by atoms with van der Waals surface area (Å²) in [6, 6.07) is 0. The van der Waals surface area contributed by atoms with Crippen LogP contribution < -0.4 is 0 Å². The van der Waals surface area contributed by atoms with Gasteiger partial charge in [-0.15, -0.1) is 0 Å². The lowest BCUT2D eigenvalue weighted by Crippen LogP contribution is -1.93. The fourth-order valence-electron chi connectivity index (χ4n) is 1.22. The van der Waals surface area contributed by atoms with Gasteiger partial charge in [-0.3, -0.25) is 0 Å². The predicted molar refractivity (Wildman–Crippen MR) is 41.6 cm³/mol. The van der Waals surface area contributed by atoms with Crippen LogP contribution in [0.2, 0.25) is 0 Å². The zero-order valence-electron chi connectivity index (χ0n) is 6.25. The minimum absolute atomic E-state index is 0.371. The molecule has 0 saturated carbocycles. The van der Waals surface area contributed by atoms with E-state index in [0.717, 1.165) is 18.6 Å². The molecule has 2 heteroatoms. The monoisotopic (exact) mass is 150 g/mol. The lowest BCUT2D eigenvalue weighted by molar-refractivity contribution is 0.0828. The van der Waals surface area contributed by atoms with Crippen LogP contribution in [0.4, 0.5) is 0 Å². The highest BCUT2D eigenvalue weighted by atomic mass is 16.7. The Labute approximate surface area is 65.8 Å². The zero-order valence-corrected chi connectivity index (χ0v) is 6.25. The molecule has 11 heavy (non-hydrogen) atoms. The van der Waals surface area contributed by atoms with Crippen molar-refractivity contribution in [1.29, 1.82) is 0 Å². The van der Waals surface area contributed by atoms with E-state index in [4.69, 9.17) is 9.47 Å². The van der Waals surface area contributed by atoms with Gasteiger partial charge in [0.25, 0.3) is 0 Å². The molecule has 1 aliphatic heterocycles. The molecule has 0 spiro atoms. The molecular weight excluding hydrogens is 140 g/mol. The highest BCUT2D eigenvalue weighted by molar-refractivity contribution is 5.31. The quantitative estimate of drug-likeness (QED) is 0.570. The summed E-state index contributed by atoms with van der Waals surface area (Å²) in [5.41, 5.74) is 1.24. The van der Waals surface area contributed by atoms with Gasteiger partial charge in [0.2, 0.25) is 6.79 Å². The first kappa shape index (κ1) is 6.53. The van der Waals surface area contributed by atoms with E-state index in [-0.39, 0.29) is 0 Å². The van der Waals surface area contributed by atoms with E-state index >= 15 is 0 Å². The van der Waals surface area contributed by atoms with Crippen LogP contribution in [0.1, 0.15) is 12.8 Å². The van der Waals surface area contributed by atoms with E-state index in [1.165, 1.54) is 5.57 Å². The normalized spacial score (nSPS) is 21.8. The molecule has 1 heterocycles. The number of rotatable bonds is 1. The van der Waals surface area contributed by atoms with Crippen LogP contribution in [0, 0.1) is 0 Å². The summed E-state index contributed by atoms with van der Waals surface area (Å²) in [5.74, 6) is 0.898. The van der Waals surface area contributed by atoms with Gasteiger partial charge in [-0.1, -0.05) is 18.2 Å². The van der Waals surface area contributed by atoms with Gasteiger partial charge in [0.15, 0.2) is 5.76 Å². The second kappa shape index (κ2) is 2.82. The molecule has 0 amide bonds. The molecule has 1 aliphatic carbocycles. The Kier molecular flexibility index (Phi) is 1.68. The van der Waals surface area contributed by atoms with Gasteiger partial charge >= 0.3 is 0 Å². The maximum absolute atomic E-state index is 5.23. The van der Waals surface area contributed by atoms with Crippen LogP contribution in [0.15, 0.2) is 35.8 Å². The molecule has 0 saturated heterocycles. The molecule has 2 nitrogen and oxygen atoms in total. The molecule has 0 fully saturated rings. The van der Waals surface area contributed by atoms with Crippen LogP contribution >= 0.6 is 0 Å². The number of ether oxygens (including phenoxy) is 2. The molecule has 0 atom stereocenters. The van der Waals surface area contributed by atoms with Gasteiger partial charge in [0.1, 0.15) is 6.26 Å². The van der Waals surface area contributed by atoms with Gasteiger partial charge in [-0.05, 0) is 18.4 Å². The molecule has 2 rings (SSSR count). The fourth-order valence-corrected chi connectivity index (χ4v) is 1.22. The van der Waals surface area contributed by atoms with Gasteiger partial charge in [0, 0.05) is 0 Å². The van der Waals surface area contributed by atoms with Crippen molar-refractivity contribution in [2.45, 2.75) is 12.8 Å². The fraction of sp³-hybridized carbons (Fsp3) is 0.333. The largest absolute Gasteiger partial charge is 0.461 e. The van der Waals surface area contributed by atoms with E-state index < -0.39 is 0 Å². The SMILES string of the molecule is C1=CCCC(C2=COCO2)=C1. The smallest absolute Gasteiger partial charge is 0.230 e. The average Bonchev–Trinajstić information content (AvgIpc) is 2.58.